The Hall–Kier alpha value is -3.01. The summed E-state index contributed by atoms with van der Waals surface area (Å²) >= 11 is 17.0. The fourth-order valence-corrected chi connectivity index (χ4v) is 5.22. The molecular weight excluding hydrogens is 635 g/mol. The minimum absolute atomic E-state index is 0.0642. The summed E-state index contributed by atoms with van der Waals surface area (Å²) in [4.78, 5) is 51.1. The fraction of sp³-hybridized carbons (Fsp3) is 0.545. The summed E-state index contributed by atoms with van der Waals surface area (Å²) in [5, 5.41) is 3.51. The number of hydrogen-bond acceptors (Lipinski definition) is 12. The number of carbonyl (C=O) groups is 4. The van der Waals surface area contributed by atoms with E-state index in [0.717, 1.165) is 20.8 Å². The van der Waals surface area contributed by atoms with Crippen LogP contribution in [0.3, 0.4) is 0 Å². The van der Waals surface area contributed by atoms with Gasteiger partial charge in [0.2, 0.25) is 3.79 Å². The Bertz CT molecular complexity index is 1300. The molecule has 1 aromatic carbocycles. The van der Waals surface area contributed by atoms with Gasteiger partial charge in [-0.2, -0.15) is 4.31 Å². The Kier molecular flexibility index (Phi) is 11.9. The second kappa shape index (κ2) is 14.2. The second-order valence-corrected chi connectivity index (χ2v) is 12.8. The van der Waals surface area contributed by atoms with Gasteiger partial charge in [-0.3, -0.25) is 14.4 Å². The van der Waals surface area contributed by atoms with Crippen LogP contribution in [0, 0.1) is 6.92 Å². The van der Waals surface area contributed by atoms with E-state index in [1.165, 1.54) is 24.3 Å². The predicted octanol–water partition coefficient (Wildman–Crippen LogP) is 3.32. The number of benzene rings is 1. The summed E-state index contributed by atoms with van der Waals surface area (Å²) in [7, 11) is -4.92. The van der Waals surface area contributed by atoms with Gasteiger partial charge in [0.1, 0.15) is 25.4 Å². The average molecular weight is 660 g/mol. The van der Waals surface area contributed by atoms with Crippen LogP contribution < -0.4 is 0 Å². The molecule has 19 heteroatoms. The number of esters is 3. The van der Waals surface area contributed by atoms with E-state index in [1.54, 1.807) is 6.92 Å². The fourth-order valence-electron chi connectivity index (χ4n) is 3.65. The molecule has 1 aromatic rings. The first-order valence-corrected chi connectivity index (χ1v) is 14.1. The molecule has 0 aromatic heterocycles. The molecule has 1 aliphatic rings. The number of ether oxygens (including phenoxy) is 5. The van der Waals surface area contributed by atoms with Gasteiger partial charge in [0, 0.05) is 25.7 Å². The number of hydrogen-bond donors (Lipinski definition) is 0. The smallest absolute Gasteiger partial charge is 0.426 e. The quantitative estimate of drug-likeness (QED) is 0.0940. The molecule has 2 rings (SSSR count). The standard InChI is InChI=1S/C22H25Cl3N4O11S/c1-11-5-7-15(8-6-11)41(34,35)29(21(33)37-10-22(23,24)25)20-17(27-28-26)19(39-14(4)32)18(38-13(3)31)16(40-20)9-36-12(2)30/h5-8,16-20H,9-10H2,1-4H3/t16-,17-,18-,19-,20-/m1/s1. The normalized spacial score (nSPS) is 22.5. The third-order valence-corrected chi connectivity index (χ3v) is 7.29. The second-order valence-electron chi connectivity index (χ2n) is 8.49. The summed E-state index contributed by atoms with van der Waals surface area (Å²) in [6.45, 7) is 3.12. The Labute approximate surface area is 249 Å². The highest BCUT2D eigenvalue weighted by Gasteiger charge is 2.55. The Balaban J connectivity index is 2.79. The lowest BCUT2D eigenvalue weighted by atomic mass is 9.96. The molecule has 0 N–H and O–H groups in total. The number of sulfonamides is 1. The van der Waals surface area contributed by atoms with E-state index in [9.17, 15) is 33.1 Å². The van der Waals surface area contributed by atoms with Crippen LogP contribution in [0.4, 0.5) is 4.79 Å². The van der Waals surface area contributed by atoms with Crippen molar-refractivity contribution in [1.82, 2.24) is 4.31 Å². The van der Waals surface area contributed by atoms with Crippen molar-refractivity contribution in [3.8, 4) is 0 Å². The Morgan fingerprint density at radius 2 is 1.56 bits per heavy atom. The molecule has 0 unspecified atom stereocenters. The van der Waals surface area contributed by atoms with Crippen molar-refractivity contribution in [2.24, 2.45) is 5.11 Å². The summed E-state index contributed by atoms with van der Waals surface area (Å²) in [5.41, 5.74) is 10.0. The summed E-state index contributed by atoms with van der Waals surface area (Å²) in [6.07, 6.45) is -8.67. The molecule has 0 spiro atoms. The number of rotatable bonds is 9. The van der Waals surface area contributed by atoms with Gasteiger partial charge in [-0.1, -0.05) is 57.6 Å². The zero-order chi connectivity index (χ0) is 31.1. The first kappa shape index (κ1) is 34.2. The van der Waals surface area contributed by atoms with Gasteiger partial charge in [-0.15, -0.1) is 0 Å². The van der Waals surface area contributed by atoms with Crippen LogP contribution in [0.2, 0.25) is 0 Å². The highest BCUT2D eigenvalue weighted by molar-refractivity contribution is 7.89. The van der Waals surface area contributed by atoms with E-state index >= 15 is 0 Å². The number of carbonyl (C=O) groups excluding carboxylic acids is 4. The lowest BCUT2D eigenvalue weighted by Gasteiger charge is -2.46. The lowest BCUT2D eigenvalue weighted by Crippen LogP contribution is -2.66. The van der Waals surface area contributed by atoms with Gasteiger partial charge >= 0.3 is 24.0 Å². The molecule has 0 saturated carbocycles. The molecule has 1 fully saturated rings. The van der Waals surface area contributed by atoms with Gasteiger partial charge in [0.25, 0.3) is 10.0 Å². The maximum absolute atomic E-state index is 13.9. The molecule has 15 nitrogen and oxygen atoms in total. The van der Waals surface area contributed by atoms with Crippen molar-refractivity contribution in [2.45, 2.75) is 67.0 Å². The van der Waals surface area contributed by atoms with Gasteiger partial charge in [0.15, 0.2) is 18.4 Å². The van der Waals surface area contributed by atoms with E-state index < -0.39 is 86.5 Å². The minimum atomic E-state index is -4.92. The molecule has 41 heavy (non-hydrogen) atoms. The van der Waals surface area contributed by atoms with Crippen LogP contribution in [-0.4, -0.2) is 84.3 Å². The van der Waals surface area contributed by atoms with Crippen LogP contribution in [0.5, 0.6) is 0 Å². The average Bonchev–Trinajstić information content (AvgIpc) is 2.84. The van der Waals surface area contributed by atoms with Crippen LogP contribution in [0.25, 0.3) is 10.4 Å². The number of alkyl halides is 3. The molecule has 1 saturated heterocycles. The first-order valence-electron chi connectivity index (χ1n) is 11.5. The molecule has 0 aliphatic carbocycles. The third-order valence-electron chi connectivity index (χ3n) is 5.22. The third kappa shape index (κ3) is 9.51. The number of nitrogens with zero attached hydrogens (tertiary/aromatic N) is 4. The highest BCUT2D eigenvalue weighted by atomic mass is 35.6. The maximum Gasteiger partial charge on any atom is 0.426 e. The van der Waals surface area contributed by atoms with Crippen LogP contribution in [-0.2, 0) is 48.1 Å². The summed E-state index contributed by atoms with van der Waals surface area (Å²) in [5.74, 6) is -2.68. The van der Waals surface area contributed by atoms with Crippen molar-refractivity contribution in [3.05, 3.63) is 40.3 Å². The molecule has 1 amide bonds. The van der Waals surface area contributed by atoms with Crippen LogP contribution in [0.15, 0.2) is 34.3 Å². The first-order chi connectivity index (χ1) is 19.0. The Morgan fingerprint density at radius 1 is 1.00 bits per heavy atom. The number of halogens is 3. The SMILES string of the molecule is CC(=O)OC[C@H]1O[C@@H](N(C(=O)OCC(Cl)(Cl)Cl)S(=O)(=O)c2ccc(C)cc2)[C@H](N=[N+]=[N-])[C@@H](OC(C)=O)[C@@H]1OC(C)=O. The minimum Gasteiger partial charge on any atom is -0.463 e. The van der Waals surface area contributed by atoms with Gasteiger partial charge < -0.3 is 23.7 Å². The zero-order valence-corrected chi connectivity index (χ0v) is 25.0. The van der Waals surface area contributed by atoms with Crippen LogP contribution in [0.1, 0.15) is 26.3 Å². The van der Waals surface area contributed by atoms with Crippen molar-refractivity contribution in [1.29, 1.82) is 0 Å². The van der Waals surface area contributed by atoms with Gasteiger partial charge in [-0.05, 0) is 24.6 Å². The topological polar surface area (TPSA) is 201 Å². The maximum atomic E-state index is 13.9. The number of amides is 1. The van der Waals surface area contributed by atoms with Gasteiger partial charge in [0.05, 0.1) is 4.90 Å². The Morgan fingerprint density at radius 3 is 2.05 bits per heavy atom. The molecule has 1 heterocycles. The van der Waals surface area contributed by atoms with E-state index in [4.69, 9.17) is 58.5 Å². The number of aryl methyl sites for hydroxylation is 1. The molecule has 0 bridgehead atoms. The van der Waals surface area contributed by atoms with Crippen molar-refractivity contribution in [2.75, 3.05) is 13.2 Å². The van der Waals surface area contributed by atoms with E-state index in [-0.39, 0.29) is 4.31 Å². The van der Waals surface area contributed by atoms with E-state index in [2.05, 4.69) is 10.0 Å². The zero-order valence-electron chi connectivity index (χ0n) is 21.9. The monoisotopic (exact) mass is 658 g/mol. The highest BCUT2D eigenvalue weighted by Crippen LogP contribution is 2.35. The van der Waals surface area contributed by atoms with E-state index in [1.807, 2.05) is 0 Å². The number of azide groups is 1. The largest absolute Gasteiger partial charge is 0.463 e. The van der Waals surface area contributed by atoms with Gasteiger partial charge in [-0.25, -0.2) is 13.2 Å². The summed E-state index contributed by atoms with van der Waals surface area (Å²) in [6, 6.07) is 3.35. The molecule has 226 valence electrons. The van der Waals surface area contributed by atoms with Crippen molar-refractivity contribution in [3.63, 3.8) is 0 Å². The molecule has 1 aliphatic heterocycles. The van der Waals surface area contributed by atoms with Crippen molar-refractivity contribution >= 4 is 68.8 Å². The lowest BCUT2D eigenvalue weighted by molar-refractivity contribution is -0.232. The van der Waals surface area contributed by atoms with Crippen LogP contribution >= 0.6 is 34.8 Å². The van der Waals surface area contributed by atoms with Crippen molar-refractivity contribution < 1.29 is 51.3 Å². The molecule has 0 radical (unpaired) electrons. The summed E-state index contributed by atoms with van der Waals surface area (Å²) < 4.78 is 51.8. The molecule has 5 atom stereocenters. The van der Waals surface area contributed by atoms with E-state index in [0.29, 0.717) is 5.56 Å². The molecular formula is C22H25Cl3N4O11S. The predicted molar refractivity (Wildman–Crippen MR) is 141 cm³/mol.